The molecule has 0 saturated carbocycles. The molecule has 4 nitrogen and oxygen atoms in total. The molecule has 0 unspecified atom stereocenters. The van der Waals surface area contributed by atoms with E-state index in [0.717, 1.165) is 0 Å². The molecule has 2 rings (SSSR count). The molecular weight excluding hydrogens is 300 g/mol. The van der Waals surface area contributed by atoms with E-state index in [-0.39, 0.29) is 23.0 Å². The maximum atomic E-state index is 9.50. The fourth-order valence-electron chi connectivity index (χ4n) is 0.928. The van der Waals surface area contributed by atoms with Crippen molar-refractivity contribution in [2.75, 3.05) is 0 Å². The molecule has 95 valence electrons. The van der Waals surface area contributed by atoms with Gasteiger partial charge >= 0.3 is 20.5 Å². The van der Waals surface area contributed by atoms with Crippen molar-refractivity contribution in [2.24, 2.45) is 0 Å². The zero-order valence-corrected chi connectivity index (χ0v) is 11.4. The van der Waals surface area contributed by atoms with Gasteiger partial charge in [-0.25, -0.2) is 0 Å². The second-order valence-electron chi connectivity index (χ2n) is 2.98. The zero-order valence-electron chi connectivity index (χ0n) is 9.29. The number of hydrogen-bond acceptors (Lipinski definition) is 4. The summed E-state index contributed by atoms with van der Waals surface area (Å²) >= 11 is 0.500. The third-order valence-electron chi connectivity index (χ3n) is 1.76. The average molecular weight is 312 g/mol. The van der Waals surface area contributed by atoms with Crippen molar-refractivity contribution in [1.82, 2.24) is 0 Å². The molecule has 0 aromatic heterocycles. The average Bonchev–Trinajstić information content (AvgIpc) is 2.40. The topological polar surface area (TPSA) is 80.9 Å². The number of hydrogen-bond donors (Lipinski definition) is 4. The van der Waals surface area contributed by atoms with E-state index in [2.05, 4.69) is 0 Å². The van der Waals surface area contributed by atoms with Gasteiger partial charge in [-0.3, -0.25) is 0 Å². The molecule has 4 N–H and O–H groups in total. The molecule has 2 aromatic carbocycles. The number of para-hydroxylation sites is 4. The Morgan fingerprint density at radius 1 is 0.556 bits per heavy atom. The van der Waals surface area contributed by atoms with Gasteiger partial charge in [0.05, 0.1) is 0 Å². The Bertz CT molecular complexity index is 380. The monoisotopic (exact) mass is 313 g/mol. The van der Waals surface area contributed by atoms with E-state index >= 15 is 0 Å². The van der Waals surface area contributed by atoms with Gasteiger partial charge in [-0.15, -0.1) is 0 Å². The van der Waals surface area contributed by atoms with E-state index < -0.39 is 0 Å². The molecule has 0 aliphatic rings. The summed E-state index contributed by atoms with van der Waals surface area (Å²) in [5.74, 6) is -0.306. The van der Waals surface area contributed by atoms with Crippen LogP contribution in [0, 0.1) is 0 Å². The molecular formula is C12H12FGeO4. The SMILES string of the molecule is Oc1ccccc1O.Oc1ccccc1O.[F][Ge]. The molecule has 18 heavy (non-hydrogen) atoms. The number of phenolic OH excluding ortho intramolecular Hbond substituents is 4. The molecule has 2 aromatic rings. The minimum atomic E-state index is -0.0764. The summed E-state index contributed by atoms with van der Waals surface area (Å²) in [6.07, 6.45) is 0. The van der Waals surface area contributed by atoms with Crippen LogP contribution in [-0.2, 0) is 0 Å². The number of rotatable bonds is 0. The van der Waals surface area contributed by atoms with Crippen LogP contribution < -0.4 is 0 Å². The van der Waals surface area contributed by atoms with Crippen LogP contribution in [0.1, 0.15) is 0 Å². The van der Waals surface area contributed by atoms with Gasteiger partial charge in [0.25, 0.3) is 0 Å². The van der Waals surface area contributed by atoms with Crippen molar-refractivity contribution < 1.29 is 23.9 Å². The first-order chi connectivity index (χ1) is 8.61. The van der Waals surface area contributed by atoms with Crippen molar-refractivity contribution in [1.29, 1.82) is 0 Å². The molecule has 3 radical (unpaired) electrons. The van der Waals surface area contributed by atoms with Crippen LogP contribution in [0.3, 0.4) is 0 Å². The van der Waals surface area contributed by atoms with Gasteiger partial charge in [-0.05, 0) is 24.3 Å². The summed E-state index contributed by atoms with van der Waals surface area (Å²) in [4.78, 5) is 0. The molecule has 0 amide bonds. The van der Waals surface area contributed by atoms with Crippen LogP contribution in [0.25, 0.3) is 0 Å². The normalized spacial score (nSPS) is 8.33. The standard InChI is InChI=1S/2C6H6O2.FGe/c2*7-5-3-1-2-4-6(5)8;1-2/h2*1-4,7-8H;. The maximum absolute atomic E-state index is 9.50. The first kappa shape index (κ1) is 16.1. The third kappa shape index (κ3) is 6.00. The van der Waals surface area contributed by atoms with E-state index in [0.29, 0.717) is 17.0 Å². The van der Waals surface area contributed by atoms with Crippen LogP contribution in [0.15, 0.2) is 48.5 Å². The zero-order chi connectivity index (χ0) is 14.0. The van der Waals surface area contributed by atoms with E-state index in [9.17, 15) is 3.50 Å². The summed E-state index contributed by atoms with van der Waals surface area (Å²) in [6.45, 7) is 0. The second kappa shape index (κ2) is 9.17. The van der Waals surface area contributed by atoms with Crippen molar-refractivity contribution >= 4 is 17.0 Å². The molecule has 0 aliphatic heterocycles. The Balaban J connectivity index is 0.000000283. The van der Waals surface area contributed by atoms with Crippen LogP contribution in [-0.4, -0.2) is 37.4 Å². The predicted molar refractivity (Wildman–Crippen MR) is 66.4 cm³/mol. The Labute approximate surface area is 113 Å². The second-order valence-corrected chi connectivity index (χ2v) is 2.98. The fourth-order valence-corrected chi connectivity index (χ4v) is 0.928. The molecule has 0 spiro atoms. The molecule has 6 heteroatoms. The number of benzene rings is 2. The first-order valence-corrected chi connectivity index (χ1v) is 5.53. The van der Waals surface area contributed by atoms with E-state index in [1.807, 2.05) is 0 Å². The summed E-state index contributed by atoms with van der Waals surface area (Å²) in [6, 6.07) is 12.3. The van der Waals surface area contributed by atoms with Crippen LogP contribution in [0.5, 0.6) is 23.0 Å². The Morgan fingerprint density at radius 2 is 0.722 bits per heavy atom. The Kier molecular flexibility index (Phi) is 8.21. The van der Waals surface area contributed by atoms with Gasteiger partial charge in [0.2, 0.25) is 0 Å². The molecule has 0 heterocycles. The van der Waals surface area contributed by atoms with E-state index in [1.54, 1.807) is 24.3 Å². The quantitative estimate of drug-likeness (QED) is 0.444. The van der Waals surface area contributed by atoms with Crippen molar-refractivity contribution in [3.05, 3.63) is 48.5 Å². The molecule has 0 atom stereocenters. The predicted octanol–water partition coefficient (Wildman–Crippen LogP) is 2.24. The van der Waals surface area contributed by atoms with E-state index in [1.165, 1.54) is 24.3 Å². The number of phenols is 4. The molecule has 0 fully saturated rings. The van der Waals surface area contributed by atoms with Gasteiger partial charge in [0.1, 0.15) is 0 Å². The van der Waals surface area contributed by atoms with Crippen LogP contribution >= 0.6 is 0 Å². The van der Waals surface area contributed by atoms with Crippen molar-refractivity contribution in [3.63, 3.8) is 0 Å². The van der Waals surface area contributed by atoms with Gasteiger partial charge in [-0.2, -0.15) is 0 Å². The molecule has 0 aliphatic carbocycles. The van der Waals surface area contributed by atoms with Gasteiger partial charge in [-0.1, -0.05) is 24.3 Å². The van der Waals surface area contributed by atoms with Crippen LogP contribution in [0.4, 0.5) is 3.50 Å². The van der Waals surface area contributed by atoms with Crippen LogP contribution in [0.2, 0.25) is 0 Å². The van der Waals surface area contributed by atoms with Gasteiger partial charge in [0.15, 0.2) is 23.0 Å². The van der Waals surface area contributed by atoms with Gasteiger partial charge in [0, 0.05) is 0 Å². The Morgan fingerprint density at radius 3 is 0.833 bits per heavy atom. The summed E-state index contributed by atoms with van der Waals surface area (Å²) in [5, 5.41) is 34.7. The van der Waals surface area contributed by atoms with Gasteiger partial charge < -0.3 is 20.4 Å². The van der Waals surface area contributed by atoms with Crippen molar-refractivity contribution in [3.8, 4) is 23.0 Å². The first-order valence-electron chi connectivity index (χ1n) is 4.74. The Hall–Kier alpha value is -1.89. The molecule has 0 bridgehead atoms. The minimum absolute atomic E-state index is 0.0764. The molecule has 0 saturated heterocycles. The summed E-state index contributed by atoms with van der Waals surface area (Å²) in [5.41, 5.74) is 0. The number of halogens is 1. The van der Waals surface area contributed by atoms with E-state index in [4.69, 9.17) is 20.4 Å². The fraction of sp³-hybridized carbons (Fsp3) is 0. The summed E-state index contributed by atoms with van der Waals surface area (Å²) in [7, 11) is 0. The number of aromatic hydroxyl groups is 4. The third-order valence-corrected chi connectivity index (χ3v) is 1.76. The summed E-state index contributed by atoms with van der Waals surface area (Å²) < 4.78 is 9.50. The van der Waals surface area contributed by atoms with Crippen molar-refractivity contribution in [2.45, 2.75) is 0 Å².